The molecule has 0 atom stereocenters. The highest BCUT2D eigenvalue weighted by Gasteiger charge is 2.38. The predicted molar refractivity (Wildman–Crippen MR) is 91.7 cm³/mol. The first-order valence-corrected chi connectivity index (χ1v) is 7.78. The summed E-state index contributed by atoms with van der Waals surface area (Å²) in [5.41, 5.74) is -1.76. The van der Waals surface area contributed by atoms with Crippen molar-refractivity contribution in [1.29, 1.82) is 5.26 Å². The Bertz CT molecular complexity index is 1000. The molecule has 1 N–H and O–H groups in total. The molecule has 1 aliphatic heterocycles. The van der Waals surface area contributed by atoms with Crippen LogP contribution in [0.5, 0.6) is 5.75 Å². The third-order valence-corrected chi connectivity index (χ3v) is 4.30. The molecule has 1 saturated heterocycles. The summed E-state index contributed by atoms with van der Waals surface area (Å²) in [6.45, 7) is -0.315. The molecule has 0 aromatic heterocycles. The number of aromatic hydroxyl groups is 1. The number of nitrogens with zero attached hydrogens (tertiary/aromatic N) is 3. The van der Waals surface area contributed by atoms with Gasteiger partial charge in [0.05, 0.1) is 22.9 Å². The van der Waals surface area contributed by atoms with Gasteiger partial charge >= 0.3 is 6.18 Å². The molecule has 1 amide bonds. The van der Waals surface area contributed by atoms with Gasteiger partial charge in [0.1, 0.15) is 6.54 Å². The molecule has 1 fully saturated rings. The average molecular weight is 395 g/mol. The van der Waals surface area contributed by atoms with Crippen LogP contribution in [0, 0.1) is 17.1 Å². The number of amides is 1. The van der Waals surface area contributed by atoms with Crippen molar-refractivity contribution in [1.82, 2.24) is 0 Å². The smallest absolute Gasteiger partial charge is 0.417 e. The van der Waals surface area contributed by atoms with Crippen molar-refractivity contribution >= 4 is 34.6 Å². The van der Waals surface area contributed by atoms with Gasteiger partial charge in [-0.05, 0) is 42.5 Å². The van der Waals surface area contributed by atoms with Crippen molar-refractivity contribution in [3.63, 3.8) is 0 Å². The van der Waals surface area contributed by atoms with Crippen LogP contribution in [0.4, 0.5) is 28.9 Å². The van der Waals surface area contributed by atoms with Crippen LogP contribution in [0.15, 0.2) is 36.4 Å². The summed E-state index contributed by atoms with van der Waals surface area (Å²) in [7, 11) is 0. The molecule has 2 aromatic rings. The Morgan fingerprint density at radius 3 is 2.41 bits per heavy atom. The van der Waals surface area contributed by atoms with Crippen LogP contribution in [0.1, 0.15) is 11.1 Å². The number of benzene rings is 2. The van der Waals surface area contributed by atoms with E-state index in [9.17, 15) is 27.5 Å². The summed E-state index contributed by atoms with van der Waals surface area (Å²) >= 11 is 5.18. The van der Waals surface area contributed by atoms with E-state index in [1.165, 1.54) is 23.1 Å². The summed E-state index contributed by atoms with van der Waals surface area (Å²) in [6, 6.07) is 7.61. The number of carbonyl (C=O) groups is 1. The third-order valence-electron chi connectivity index (χ3n) is 3.90. The quantitative estimate of drug-likeness (QED) is 0.622. The normalized spacial score (nSPS) is 14.6. The topological polar surface area (TPSA) is 67.6 Å². The number of nitriles is 1. The molecular weight excluding hydrogens is 386 g/mol. The first-order chi connectivity index (χ1) is 12.6. The van der Waals surface area contributed by atoms with Gasteiger partial charge in [-0.1, -0.05) is 0 Å². The van der Waals surface area contributed by atoms with Crippen molar-refractivity contribution in [2.24, 2.45) is 0 Å². The first-order valence-electron chi connectivity index (χ1n) is 7.38. The van der Waals surface area contributed by atoms with Crippen molar-refractivity contribution < 1.29 is 27.5 Å². The minimum atomic E-state index is -4.79. The van der Waals surface area contributed by atoms with Gasteiger partial charge in [0, 0.05) is 11.8 Å². The Morgan fingerprint density at radius 2 is 1.81 bits per heavy atom. The molecule has 0 bridgehead atoms. The lowest BCUT2D eigenvalue weighted by molar-refractivity contribution is -0.137. The Morgan fingerprint density at radius 1 is 1.15 bits per heavy atom. The molecule has 0 unspecified atom stereocenters. The van der Waals surface area contributed by atoms with Crippen molar-refractivity contribution in [3.05, 3.63) is 53.3 Å². The van der Waals surface area contributed by atoms with Gasteiger partial charge in [-0.25, -0.2) is 4.39 Å². The number of phenolic OH excluding ortho intramolecular Hbond substituents is 1. The highest BCUT2D eigenvalue weighted by molar-refractivity contribution is 7.81. The lowest BCUT2D eigenvalue weighted by atomic mass is 10.1. The van der Waals surface area contributed by atoms with Crippen LogP contribution in [0.3, 0.4) is 0 Å². The number of hydrogen-bond donors (Lipinski definition) is 1. The molecule has 2 aromatic carbocycles. The summed E-state index contributed by atoms with van der Waals surface area (Å²) in [6.07, 6.45) is -4.79. The van der Waals surface area contributed by atoms with Gasteiger partial charge in [0.15, 0.2) is 16.7 Å². The second-order valence-corrected chi connectivity index (χ2v) is 5.94. The zero-order chi connectivity index (χ0) is 19.9. The second kappa shape index (κ2) is 6.51. The molecule has 1 aliphatic rings. The average Bonchev–Trinajstić information content (AvgIpc) is 2.90. The lowest BCUT2D eigenvalue weighted by Crippen LogP contribution is -2.33. The molecule has 0 spiro atoms. The zero-order valence-corrected chi connectivity index (χ0v) is 14.1. The fourth-order valence-corrected chi connectivity index (χ4v) is 3.00. The fourth-order valence-electron chi connectivity index (χ4n) is 2.62. The summed E-state index contributed by atoms with van der Waals surface area (Å²) in [5.74, 6) is -2.14. The SMILES string of the molecule is N#Cc1ccc(N2C(=O)CN(c3ccc(O)c(F)c3)C2=S)cc1C(F)(F)F. The van der Waals surface area contributed by atoms with Crippen LogP contribution >= 0.6 is 12.2 Å². The number of alkyl halides is 3. The molecule has 27 heavy (non-hydrogen) atoms. The van der Waals surface area contributed by atoms with E-state index in [4.69, 9.17) is 17.5 Å². The van der Waals surface area contributed by atoms with Crippen LogP contribution in [-0.2, 0) is 11.0 Å². The Labute approximate surface area is 155 Å². The third kappa shape index (κ3) is 3.29. The minimum Gasteiger partial charge on any atom is -0.505 e. The van der Waals surface area contributed by atoms with Crippen LogP contribution < -0.4 is 9.80 Å². The molecule has 3 rings (SSSR count). The highest BCUT2D eigenvalue weighted by Crippen LogP contribution is 2.36. The summed E-state index contributed by atoms with van der Waals surface area (Å²) in [5, 5.41) is 18.0. The zero-order valence-electron chi connectivity index (χ0n) is 13.3. The molecule has 0 saturated carbocycles. The lowest BCUT2D eigenvalue weighted by Gasteiger charge is -2.21. The standard InChI is InChI=1S/C17H9F4N3O2S/c18-13-6-10(3-4-14(13)25)23-8-15(26)24(16(23)27)11-2-1-9(7-22)12(5-11)17(19,20)21/h1-6,25H,8H2. The van der Waals surface area contributed by atoms with Gasteiger partial charge < -0.3 is 10.0 Å². The number of halogens is 4. The molecular formula is C17H9F4N3O2S. The van der Waals surface area contributed by atoms with E-state index in [0.717, 1.165) is 23.1 Å². The Hall–Kier alpha value is -3.19. The van der Waals surface area contributed by atoms with Gasteiger partial charge in [-0.2, -0.15) is 18.4 Å². The van der Waals surface area contributed by atoms with Gasteiger partial charge in [-0.15, -0.1) is 0 Å². The minimum absolute atomic E-state index is 0.150. The molecule has 138 valence electrons. The van der Waals surface area contributed by atoms with Crippen molar-refractivity contribution in [2.45, 2.75) is 6.18 Å². The number of phenols is 1. The highest BCUT2D eigenvalue weighted by atomic mass is 32.1. The molecule has 0 radical (unpaired) electrons. The molecule has 1 heterocycles. The number of thiocarbonyl (C=S) groups is 1. The van der Waals surface area contributed by atoms with Crippen LogP contribution in [0.25, 0.3) is 0 Å². The van der Waals surface area contributed by atoms with Crippen molar-refractivity contribution in [2.75, 3.05) is 16.3 Å². The van der Waals surface area contributed by atoms with Gasteiger partial charge in [0.25, 0.3) is 5.91 Å². The van der Waals surface area contributed by atoms with E-state index in [0.29, 0.717) is 6.07 Å². The Balaban J connectivity index is 2.01. The maximum Gasteiger partial charge on any atom is 0.417 e. The van der Waals surface area contributed by atoms with Crippen LogP contribution in [-0.4, -0.2) is 22.7 Å². The van der Waals surface area contributed by atoms with Gasteiger partial charge in [-0.3, -0.25) is 9.69 Å². The van der Waals surface area contributed by atoms with E-state index in [1.807, 2.05) is 0 Å². The van der Waals surface area contributed by atoms with Crippen LogP contribution in [0.2, 0.25) is 0 Å². The van der Waals surface area contributed by atoms with E-state index in [2.05, 4.69) is 0 Å². The maximum atomic E-state index is 13.6. The molecule has 10 heteroatoms. The predicted octanol–water partition coefficient (Wildman–Crippen LogP) is 3.56. The molecule has 5 nitrogen and oxygen atoms in total. The molecule has 0 aliphatic carbocycles. The fraction of sp³-hybridized carbons (Fsp3) is 0.118. The number of carbonyl (C=O) groups excluding carboxylic acids is 1. The van der Waals surface area contributed by atoms with Gasteiger partial charge in [0.2, 0.25) is 0 Å². The van der Waals surface area contributed by atoms with Crippen molar-refractivity contribution in [3.8, 4) is 11.8 Å². The van der Waals surface area contributed by atoms with E-state index >= 15 is 0 Å². The summed E-state index contributed by atoms with van der Waals surface area (Å²) < 4.78 is 53.0. The first kappa shape index (κ1) is 18.6. The maximum absolute atomic E-state index is 13.6. The second-order valence-electron chi connectivity index (χ2n) is 5.57. The monoisotopic (exact) mass is 395 g/mol. The summed E-state index contributed by atoms with van der Waals surface area (Å²) in [4.78, 5) is 14.5. The largest absolute Gasteiger partial charge is 0.505 e. The number of rotatable bonds is 2. The number of anilines is 2. The van der Waals surface area contributed by atoms with E-state index in [-0.39, 0.29) is 23.0 Å². The Kier molecular flexibility index (Phi) is 4.49. The van der Waals surface area contributed by atoms with E-state index in [1.54, 1.807) is 0 Å². The number of hydrogen-bond acceptors (Lipinski definition) is 4. The van der Waals surface area contributed by atoms with E-state index < -0.39 is 34.8 Å².